The number of amides is 1. The number of piperidine rings is 1. The summed E-state index contributed by atoms with van der Waals surface area (Å²) in [4.78, 5) is 22.2. The van der Waals surface area contributed by atoms with E-state index < -0.39 is 15.6 Å². The number of hydrogen-bond donors (Lipinski definition) is 0. The first-order valence-electron chi connectivity index (χ1n) is 9.13. The number of aromatic nitrogens is 2. The van der Waals surface area contributed by atoms with Crippen LogP contribution in [0.25, 0.3) is 0 Å². The van der Waals surface area contributed by atoms with Crippen LogP contribution in [0.3, 0.4) is 0 Å². The summed E-state index contributed by atoms with van der Waals surface area (Å²) in [6.45, 7) is 1.53. The van der Waals surface area contributed by atoms with Gasteiger partial charge in [-0.05, 0) is 6.07 Å². The Morgan fingerprint density at radius 2 is 1.82 bits per heavy atom. The maximum Gasteiger partial charge on any atom is 0.256 e. The topological polar surface area (TPSA) is 92.7 Å². The SMILES string of the molecule is CS(=O)(=O)N1Cc2ccccc2OC2(CCN(C(=O)c3cncnc3)CC2)C1. The highest BCUT2D eigenvalue weighted by molar-refractivity contribution is 7.88. The molecule has 1 aromatic heterocycles. The summed E-state index contributed by atoms with van der Waals surface area (Å²) in [5.41, 5.74) is 0.646. The van der Waals surface area contributed by atoms with Crippen LogP contribution in [0.4, 0.5) is 0 Å². The molecule has 1 saturated heterocycles. The van der Waals surface area contributed by atoms with Crippen molar-refractivity contribution in [2.24, 2.45) is 0 Å². The van der Waals surface area contributed by atoms with Crippen molar-refractivity contribution in [2.75, 3.05) is 25.9 Å². The summed E-state index contributed by atoms with van der Waals surface area (Å²) >= 11 is 0. The monoisotopic (exact) mass is 402 g/mol. The number of benzene rings is 1. The van der Waals surface area contributed by atoms with Crippen LogP contribution in [0.1, 0.15) is 28.8 Å². The lowest BCUT2D eigenvalue weighted by atomic mass is 9.90. The first kappa shape index (κ1) is 18.8. The lowest BCUT2D eigenvalue weighted by molar-refractivity contribution is -0.00251. The van der Waals surface area contributed by atoms with Crippen molar-refractivity contribution in [3.05, 3.63) is 54.1 Å². The molecule has 0 bridgehead atoms. The number of rotatable bonds is 2. The summed E-state index contributed by atoms with van der Waals surface area (Å²) in [5.74, 6) is 0.592. The molecule has 0 N–H and O–H groups in total. The average Bonchev–Trinajstić information content (AvgIpc) is 2.85. The maximum atomic E-state index is 12.7. The normalized spacial score (nSPS) is 19.5. The van der Waals surface area contributed by atoms with E-state index in [2.05, 4.69) is 9.97 Å². The molecule has 0 unspecified atom stereocenters. The Morgan fingerprint density at radius 1 is 1.14 bits per heavy atom. The predicted molar refractivity (Wildman–Crippen MR) is 102 cm³/mol. The Labute approximate surface area is 164 Å². The standard InChI is InChI=1S/C19H22N4O4S/c1-28(25,26)23-12-15-4-2-3-5-17(15)27-19(13-23)6-8-22(9-7-19)18(24)16-10-20-14-21-11-16/h2-5,10-11,14H,6-9,12-13H2,1H3. The molecule has 8 nitrogen and oxygen atoms in total. The highest BCUT2D eigenvalue weighted by Crippen LogP contribution is 2.36. The van der Waals surface area contributed by atoms with Crippen LogP contribution >= 0.6 is 0 Å². The second kappa shape index (κ2) is 7.14. The van der Waals surface area contributed by atoms with Gasteiger partial charge < -0.3 is 9.64 Å². The minimum Gasteiger partial charge on any atom is -0.485 e. The van der Waals surface area contributed by atoms with E-state index in [-0.39, 0.29) is 12.5 Å². The van der Waals surface area contributed by atoms with Crippen LogP contribution in [-0.2, 0) is 16.6 Å². The fraction of sp³-hybridized carbons (Fsp3) is 0.421. The number of para-hydroxylation sites is 1. The van der Waals surface area contributed by atoms with Gasteiger partial charge in [-0.25, -0.2) is 18.4 Å². The Morgan fingerprint density at radius 3 is 2.50 bits per heavy atom. The van der Waals surface area contributed by atoms with Crippen molar-refractivity contribution in [1.82, 2.24) is 19.2 Å². The smallest absolute Gasteiger partial charge is 0.256 e. The molecule has 0 atom stereocenters. The number of nitrogens with zero attached hydrogens (tertiary/aromatic N) is 4. The summed E-state index contributed by atoms with van der Waals surface area (Å²) < 4.78 is 32.5. The molecule has 9 heteroatoms. The van der Waals surface area contributed by atoms with Crippen LogP contribution < -0.4 is 4.74 Å². The first-order valence-corrected chi connectivity index (χ1v) is 11.0. The van der Waals surface area contributed by atoms with Gasteiger partial charge in [0.2, 0.25) is 10.0 Å². The zero-order valence-corrected chi connectivity index (χ0v) is 16.4. The Balaban J connectivity index is 1.57. The fourth-order valence-corrected chi connectivity index (χ4v) is 4.61. The van der Waals surface area contributed by atoms with Gasteiger partial charge in [0.25, 0.3) is 5.91 Å². The van der Waals surface area contributed by atoms with E-state index in [0.29, 0.717) is 43.8 Å². The third-order valence-electron chi connectivity index (χ3n) is 5.35. The minimum atomic E-state index is -3.38. The Hall–Kier alpha value is -2.52. The van der Waals surface area contributed by atoms with Crippen molar-refractivity contribution >= 4 is 15.9 Å². The molecule has 2 aliphatic rings. The van der Waals surface area contributed by atoms with E-state index in [1.54, 1.807) is 4.90 Å². The number of fused-ring (bicyclic) bond motifs is 1. The number of hydrogen-bond acceptors (Lipinski definition) is 6. The van der Waals surface area contributed by atoms with Gasteiger partial charge in [-0.3, -0.25) is 4.79 Å². The van der Waals surface area contributed by atoms with Crippen LogP contribution in [-0.4, -0.2) is 65.0 Å². The van der Waals surface area contributed by atoms with Gasteiger partial charge in [0.15, 0.2) is 0 Å². The van der Waals surface area contributed by atoms with E-state index >= 15 is 0 Å². The molecule has 0 saturated carbocycles. The molecular formula is C19H22N4O4S. The van der Waals surface area contributed by atoms with Crippen LogP contribution in [0.2, 0.25) is 0 Å². The predicted octanol–water partition coefficient (Wildman–Crippen LogP) is 1.31. The summed E-state index contributed by atoms with van der Waals surface area (Å²) in [6, 6.07) is 7.53. The number of sulfonamides is 1. The molecule has 1 fully saturated rings. The van der Waals surface area contributed by atoms with Crippen LogP contribution in [0.15, 0.2) is 43.0 Å². The summed E-state index contributed by atoms with van der Waals surface area (Å²) in [7, 11) is -3.38. The molecule has 1 amide bonds. The van der Waals surface area contributed by atoms with E-state index in [0.717, 1.165) is 5.56 Å². The molecule has 2 aromatic rings. The maximum absolute atomic E-state index is 12.7. The molecular weight excluding hydrogens is 380 g/mol. The van der Waals surface area contributed by atoms with E-state index in [1.165, 1.54) is 29.3 Å². The van der Waals surface area contributed by atoms with Gasteiger partial charge in [0, 0.05) is 50.4 Å². The molecule has 1 spiro atoms. The molecule has 4 rings (SSSR count). The zero-order chi connectivity index (χ0) is 19.8. The second-order valence-corrected chi connectivity index (χ2v) is 9.33. The number of likely N-dealkylation sites (tertiary alicyclic amines) is 1. The molecule has 3 heterocycles. The van der Waals surface area contributed by atoms with Crippen molar-refractivity contribution in [1.29, 1.82) is 0 Å². The molecule has 148 valence electrons. The molecule has 2 aliphatic heterocycles. The fourth-order valence-electron chi connectivity index (χ4n) is 3.77. The van der Waals surface area contributed by atoms with Gasteiger partial charge in [-0.15, -0.1) is 0 Å². The second-order valence-electron chi connectivity index (χ2n) is 7.34. The van der Waals surface area contributed by atoms with Crippen molar-refractivity contribution < 1.29 is 17.9 Å². The highest BCUT2D eigenvalue weighted by atomic mass is 32.2. The van der Waals surface area contributed by atoms with Crippen molar-refractivity contribution in [3.8, 4) is 5.75 Å². The van der Waals surface area contributed by atoms with Gasteiger partial charge >= 0.3 is 0 Å². The van der Waals surface area contributed by atoms with E-state index in [1.807, 2.05) is 24.3 Å². The van der Waals surface area contributed by atoms with Crippen LogP contribution in [0.5, 0.6) is 5.75 Å². The van der Waals surface area contributed by atoms with Crippen molar-refractivity contribution in [3.63, 3.8) is 0 Å². The lowest BCUT2D eigenvalue weighted by Crippen LogP contribution is -2.55. The summed E-state index contributed by atoms with van der Waals surface area (Å²) in [5, 5.41) is 0. The van der Waals surface area contributed by atoms with Crippen molar-refractivity contribution in [2.45, 2.75) is 25.0 Å². The van der Waals surface area contributed by atoms with Gasteiger partial charge in [0.05, 0.1) is 18.4 Å². The third kappa shape index (κ3) is 3.72. The Bertz CT molecular complexity index is 972. The molecule has 0 aliphatic carbocycles. The van der Waals surface area contributed by atoms with Gasteiger partial charge in [-0.1, -0.05) is 18.2 Å². The van der Waals surface area contributed by atoms with Gasteiger partial charge in [0.1, 0.15) is 17.7 Å². The quantitative estimate of drug-likeness (QED) is 0.752. The largest absolute Gasteiger partial charge is 0.485 e. The minimum absolute atomic E-state index is 0.121. The van der Waals surface area contributed by atoms with Gasteiger partial charge in [-0.2, -0.15) is 4.31 Å². The van der Waals surface area contributed by atoms with E-state index in [4.69, 9.17) is 4.74 Å². The molecule has 1 aromatic carbocycles. The number of carbonyl (C=O) groups is 1. The highest BCUT2D eigenvalue weighted by Gasteiger charge is 2.43. The lowest BCUT2D eigenvalue weighted by Gasteiger charge is -2.42. The van der Waals surface area contributed by atoms with Crippen LogP contribution in [0, 0.1) is 0 Å². The molecule has 0 radical (unpaired) electrons. The first-order chi connectivity index (χ1) is 13.4. The Kier molecular flexibility index (Phi) is 4.80. The average molecular weight is 402 g/mol. The number of carbonyl (C=O) groups excluding carboxylic acids is 1. The zero-order valence-electron chi connectivity index (χ0n) is 15.6. The third-order valence-corrected chi connectivity index (χ3v) is 6.54. The summed E-state index contributed by atoms with van der Waals surface area (Å²) in [6.07, 6.45) is 6.72. The molecule has 28 heavy (non-hydrogen) atoms. The van der Waals surface area contributed by atoms with E-state index in [9.17, 15) is 13.2 Å². The number of ether oxygens (including phenoxy) is 1.